The van der Waals surface area contributed by atoms with Crippen LogP contribution in [-0.4, -0.2) is 36.9 Å². The summed E-state index contributed by atoms with van der Waals surface area (Å²) in [7, 11) is 1.77. The summed E-state index contributed by atoms with van der Waals surface area (Å²) < 4.78 is 3.92. The molecule has 1 N–H and O–H groups in total. The van der Waals surface area contributed by atoms with Gasteiger partial charge in [-0.25, -0.2) is 0 Å². The minimum atomic E-state index is -0.389. The molecule has 0 aromatic carbocycles. The molecule has 7 nitrogen and oxygen atoms in total. The molecule has 4 rings (SSSR count). The first-order chi connectivity index (χ1) is 14.6. The Hall–Kier alpha value is -2.39. The molecule has 1 aliphatic carbocycles. The van der Waals surface area contributed by atoms with Crippen LogP contribution >= 0.6 is 23.1 Å². The highest BCUT2D eigenvalue weighted by atomic mass is 32.2. The van der Waals surface area contributed by atoms with Crippen molar-refractivity contribution in [2.24, 2.45) is 7.05 Å². The van der Waals surface area contributed by atoms with E-state index < -0.39 is 0 Å². The maximum Gasteiger partial charge on any atom is 0.274 e. The van der Waals surface area contributed by atoms with Gasteiger partial charge in [-0.1, -0.05) is 37.1 Å². The number of hydrogen-bond donors (Lipinski definition) is 1. The summed E-state index contributed by atoms with van der Waals surface area (Å²) >= 11 is 3.06. The molecule has 1 saturated carbocycles. The molecule has 1 aliphatic rings. The highest BCUT2D eigenvalue weighted by Gasteiger charge is 2.24. The molecule has 2 amide bonds. The molecule has 0 aliphatic heterocycles. The minimum absolute atomic E-state index is 0.125. The second-order valence-corrected chi connectivity index (χ2v) is 9.46. The monoisotopic (exact) mass is 443 g/mol. The van der Waals surface area contributed by atoms with Gasteiger partial charge in [-0.05, 0) is 36.4 Å². The van der Waals surface area contributed by atoms with E-state index in [2.05, 4.69) is 31.5 Å². The van der Waals surface area contributed by atoms with Gasteiger partial charge < -0.3 is 9.13 Å². The Labute approximate surface area is 183 Å². The van der Waals surface area contributed by atoms with Crippen LogP contribution in [0.15, 0.2) is 41.0 Å². The van der Waals surface area contributed by atoms with Crippen LogP contribution in [0.1, 0.15) is 59.3 Å². The normalized spacial score (nSPS) is 14.7. The van der Waals surface area contributed by atoms with Crippen molar-refractivity contribution in [3.63, 3.8) is 0 Å². The zero-order valence-corrected chi connectivity index (χ0v) is 18.5. The van der Waals surface area contributed by atoms with Crippen LogP contribution in [0.25, 0.3) is 0 Å². The van der Waals surface area contributed by atoms with E-state index in [1.807, 2.05) is 6.07 Å². The van der Waals surface area contributed by atoms with E-state index in [1.54, 1.807) is 41.3 Å². The van der Waals surface area contributed by atoms with Crippen LogP contribution in [0.3, 0.4) is 0 Å². The molecule has 3 aromatic heterocycles. The Kier molecular flexibility index (Phi) is 6.69. The maximum atomic E-state index is 12.4. The fourth-order valence-electron chi connectivity index (χ4n) is 3.86. The third-order valence-electron chi connectivity index (χ3n) is 5.35. The number of carbonyl (C=O) groups excluding carboxylic acids is 2. The molecular formula is C21H25N5O2S2. The number of nitrogens with one attached hydrogen (secondary N) is 1. The summed E-state index contributed by atoms with van der Waals surface area (Å²) in [5.74, 6) is 0.358. The molecule has 0 atom stereocenters. The maximum absolute atomic E-state index is 12.4. The van der Waals surface area contributed by atoms with Gasteiger partial charge in [0.05, 0.1) is 5.75 Å². The van der Waals surface area contributed by atoms with Crippen LogP contribution in [0.2, 0.25) is 0 Å². The van der Waals surface area contributed by atoms with Gasteiger partial charge >= 0.3 is 0 Å². The van der Waals surface area contributed by atoms with Gasteiger partial charge in [0.25, 0.3) is 5.91 Å². The van der Waals surface area contributed by atoms with Gasteiger partial charge in [-0.2, -0.15) is 0 Å². The fraction of sp³-hybridized carbons (Fsp3) is 0.429. The Morgan fingerprint density at radius 3 is 2.73 bits per heavy atom. The van der Waals surface area contributed by atoms with Crippen LogP contribution in [0.5, 0.6) is 0 Å². The lowest BCUT2D eigenvalue weighted by molar-refractivity contribution is -0.117. The van der Waals surface area contributed by atoms with Gasteiger partial charge in [-0.15, -0.1) is 21.5 Å². The number of nitrogens with zero attached hydrogens (tertiary/aromatic N) is 4. The Balaban J connectivity index is 1.45. The van der Waals surface area contributed by atoms with Gasteiger partial charge in [0.15, 0.2) is 5.16 Å². The number of thioether (sulfide) groups is 1. The second-order valence-electron chi connectivity index (χ2n) is 7.49. The molecule has 0 radical (unpaired) electrons. The first-order valence-corrected chi connectivity index (χ1v) is 12.0. The lowest BCUT2D eigenvalue weighted by atomic mass is 9.95. The molecular weight excluding hydrogens is 418 g/mol. The molecule has 0 spiro atoms. The van der Waals surface area contributed by atoms with E-state index in [9.17, 15) is 9.59 Å². The van der Waals surface area contributed by atoms with Crippen LogP contribution < -0.4 is 5.32 Å². The summed E-state index contributed by atoms with van der Waals surface area (Å²) in [5.41, 5.74) is 0.456. The first-order valence-electron chi connectivity index (χ1n) is 10.2. The fourth-order valence-corrected chi connectivity index (χ4v) is 5.38. The smallest absolute Gasteiger partial charge is 0.274 e. The Bertz CT molecular complexity index is 1000. The number of aryl methyl sites for hydroxylation is 1. The van der Waals surface area contributed by atoms with E-state index in [0.717, 1.165) is 30.2 Å². The van der Waals surface area contributed by atoms with Crippen molar-refractivity contribution in [2.75, 3.05) is 5.75 Å². The average Bonchev–Trinajstić information content (AvgIpc) is 3.49. The van der Waals surface area contributed by atoms with Crippen molar-refractivity contribution < 1.29 is 9.59 Å². The molecule has 158 valence electrons. The van der Waals surface area contributed by atoms with Crippen LogP contribution in [0, 0.1) is 0 Å². The summed E-state index contributed by atoms with van der Waals surface area (Å²) in [6, 6.07) is 7.99. The number of aromatic nitrogens is 4. The van der Waals surface area contributed by atoms with Crippen LogP contribution in [-0.2, 0) is 18.3 Å². The third-order valence-corrected chi connectivity index (χ3v) is 7.17. The number of rotatable bonds is 7. The summed E-state index contributed by atoms with van der Waals surface area (Å²) in [6.07, 6.45) is 8.43. The Morgan fingerprint density at radius 2 is 2.03 bits per heavy atom. The lowest BCUT2D eigenvalue weighted by Crippen LogP contribution is -2.33. The SMILES string of the molecule is Cn1cccc1C(=O)NC(=O)CSc1nnc(Cc2cccs2)n1C1CCCCC1. The van der Waals surface area contributed by atoms with Crippen molar-refractivity contribution >= 4 is 34.9 Å². The predicted octanol–water partition coefficient (Wildman–Crippen LogP) is 3.82. The van der Waals surface area contributed by atoms with Crippen molar-refractivity contribution in [3.8, 4) is 0 Å². The van der Waals surface area contributed by atoms with Crippen molar-refractivity contribution in [2.45, 2.75) is 49.7 Å². The predicted molar refractivity (Wildman–Crippen MR) is 118 cm³/mol. The molecule has 0 bridgehead atoms. The quantitative estimate of drug-likeness (QED) is 0.562. The number of amides is 2. The minimum Gasteiger partial charge on any atom is -0.347 e. The number of thiophene rings is 1. The van der Waals surface area contributed by atoms with Crippen molar-refractivity contribution in [3.05, 3.63) is 52.2 Å². The average molecular weight is 444 g/mol. The topological polar surface area (TPSA) is 81.8 Å². The summed E-state index contributed by atoms with van der Waals surface area (Å²) in [4.78, 5) is 25.9. The van der Waals surface area contributed by atoms with Gasteiger partial charge in [0.2, 0.25) is 5.91 Å². The van der Waals surface area contributed by atoms with E-state index >= 15 is 0 Å². The largest absolute Gasteiger partial charge is 0.347 e. The third kappa shape index (κ3) is 4.84. The molecule has 0 saturated heterocycles. The number of hydrogen-bond acceptors (Lipinski definition) is 6. The van der Waals surface area contributed by atoms with Crippen molar-refractivity contribution in [1.82, 2.24) is 24.6 Å². The molecule has 9 heteroatoms. The van der Waals surface area contributed by atoms with Gasteiger partial charge in [0.1, 0.15) is 11.5 Å². The number of carbonyl (C=O) groups is 2. The Morgan fingerprint density at radius 1 is 1.20 bits per heavy atom. The first kappa shape index (κ1) is 20.9. The van der Waals surface area contributed by atoms with E-state index in [-0.39, 0.29) is 17.6 Å². The second kappa shape index (κ2) is 9.61. The zero-order chi connectivity index (χ0) is 20.9. The summed E-state index contributed by atoms with van der Waals surface area (Å²) in [5, 5.41) is 14.1. The van der Waals surface area contributed by atoms with E-state index in [4.69, 9.17) is 0 Å². The number of imide groups is 1. The molecule has 30 heavy (non-hydrogen) atoms. The van der Waals surface area contributed by atoms with E-state index in [0.29, 0.717) is 11.7 Å². The van der Waals surface area contributed by atoms with Crippen LogP contribution in [0.4, 0.5) is 0 Å². The summed E-state index contributed by atoms with van der Waals surface area (Å²) in [6.45, 7) is 0. The van der Waals surface area contributed by atoms with E-state index in [1.165, 1.54) is 35.9 Å². The van der Waals surface area contributed by atoms with Gasteiger partial charge in [0, 0.05) is 30.6 Å². The molecule has 3 aromatic rings. The molecule has 1 fully saturated rings. The van der Waals surface area contributed by atoms with Gasteiger partial charge in [-0.3, -0.25) is 14.9 Å². The zero-order valence-electron chi connectivity index (χ0n) is 16.9. The molecule has 0 unspecified atom stereocenters. The van der Waals surface area contributed by atoms with Crippen molar-refractivity contribution in [1.29, 1.82) is 0 Å². The molecule has 3 heterocycles. The highest BCUT2D eigenvalue weighted by molar-refractivity contribution is 7.99. The lowest BCUT2D eigenvalue weighted by Gasteiger charge is -2.25. The highest BCUT2D eigenvalue weighted by Crippen LogP contribution is 2.33. The standard InChI is InChI=1S/C21H25N5O2S2/c1-25-11-5-10-17(25)20(28)22-19(27)14-30-21-24-23-18(13-16-9-6-12-29-16)26(21)15-7-3-2-4-8-15/h5-6,9-12,15H,2-4,7-8,13-14H2,1H3,(H,22,27,28).